The number of hydrogen-bond acceptors (Lipinski definition) is 2. The summed E-state index contributed by atoms with van der Waals surface area (Å²) in [6, 6.07) is 19.8. The molecular formula is C60H69F2NO2. The molecule has 1 heterocycles. The lowest BCUT2D eigenvalue weighted by atomic mass is 9.39. The van der Waals surface area contributed by atoms with E-state index in [-0.39, 0.29) is 67.5 Å². The number of benzene rings is 4. The first-order valence-electron chi connectivity index (χ1n) is 24.8. The van der Waals surface area contributed by atoms with Crippen LogP contribution in [-0.2, 0) is 10.8 Å². The van der Waals surface area contributed by atoms with Gasteiger partial charge >= 0.3 is 0 Å². The lowest BCUT2D eigenvalue weighted by Crippen LogP contribution is -2.56. The third-order valence-corrected chi connectivity index (χ3v) is 18.2. The van der Waals surface area contributed by atoms with Crippen LogP contribution in [0.4, 0.5) is 8.78 Å². The van der Waals surface area contributed by atoms with E-state index in [1.54, 1.807) is 12.1 Å². The van der Waals surface area contributed by atoms with Gasteiger partial charge in [-0.15, -0.1) is 6.08 Å². The van der Waals surface area contributed by atoms with Crippen molar-refractivity contribution in [3.8, 4) is 33.8 Å². The van der Waals surface area contributed by atoms with E-state index < -0.39 is 0 Å². The molecule has 13 rings (SSSR count). The minimum atomic E-state index is -0.324. The monoisotopic (exact) mass is 874 g/mol. The molecular weight excluding hydrogens is 805 g/mol. The second kappa shape index (κ2) is 14.2. The van der Waals surface area contributed by atoms with Crippen molar-refractivity contribution in [1.29, 1.82) is 0 Å². The van der Waals surface area contributed by atoms with Crippen LogP contribution in [-0.4, -0.2) is 21.5 Å². The smallest absolute Gasteiger partial charge is 0.160 e. The van der Waals surface area contributed by atoms with Crippen LogP contribution >= 0.6 is 0 Å². The molecule has 5 heteroatoms. The second-order valence-electron chi connectivity index (χ2n) is 25.2. The van der Waals surface area contributed by atoms with Crippen LogP contribution in [0.15, 0.2) is 78.9 Å². The minimum Gasteiger partial charge on any atom is -0.508 e. The van der Waals surface area contributed by atoms with Crippen molar-refractivity contribution in [3.05, 3.63) is 130 Å². The molecule has 0 aromatic heterocycles. The number of phenols is 2. The Morgan fingerprint density at radius 2 is 1.02 bits per heavy atom. The highest BCUT2D eigenvalue weighted by molar-refractivity contribution is 5.85. The second-order valence-corrected chi connectivity index (χ2v) is 25.2. The van der Waals surface area contributed by atoms with Crippen LogP contribution in [0.25, 0.3) is 28.0 Å². The van der Waals surface area contributed by atoms with Gasteiger partial charge in [-0.05, 0) is 181 Å². The maximum Gasteiger partial charge on any atom is 0.160 e. The summed E-state index contributed by atoms with van der Waals surface area (Å²) >= 11 is 0. The van der Waals surface area contributed by atoms with E-state index in [1.165, 1.54) is 50.7 Å². The Hall–Kier alpha value is -4.64. The minimum absolute atomic E-state index is 0.192. The molecule has 8 saturated carbocycles. The quantitative estimate of drug-likeness (QED) is 0.137. The summed E-state index contributed by atoms with van der Waals surface area (Å²) in [5.41, 5.74) is 9.07. The number of rotatable bonds is 8. The molecule has 9 aliphatic rings. The molecule has 8 bridgehead atoms. The lowest BCUT2D eigenvalue weighted by Gasteiger charge is -2.65. The largest absolute Gasteiger partial charge is 0.508 e. The highest BCUT2D eigenvalue weighted by atomic mass is 19.1. The first-order chi connectivity index (χ1) is 30.6. The standard InChI is InChI=1S/C60H69F2NO2/c1-35(2)39-13-15-43(47-19-41(61)21-49(53(47)64)59-27-37-23-55(5,31-59)29-56(6,24-37)32-59)45(17-39)51-11-10-12-52(63(51)9)46-18-40(36(3)4)14-16-44(46)48-20-42(62)22-50(54(48)65)60-28-38-25-57(7,33-60)30-58(8,26-38)34-60/h10-22,35-38,64-65H,9,23-34H2,1-8H3. The van der Waals surface area contributed by atoms with Gasteiger partial charge in [0, 0.05) is 33.1 Å². The first kappa shape index (κ1) is 43.0. The Morgan fingerprint density at radius 3 is 1.48 bits per heavy atom. The molecule has 4 aromatic carbocycles. The summed E-state index contributed by atoms with van der Waals surface area (Å²) in [5.74, 6) is 1.34. The summed E-state index contributed by atoms with van der Waals surface area (Å²) in [6.07, 6.45) is 19.3. The van der Waals surface area contributed by atoms with E-state index in [2.05, 4.69) is 104 Å². The van der Waals surface area contributed by atoms with Gasteiger partial charge in [-0.1, -0.05) is 103 Å². The highest BCUT2D eigenvalue weighted by Crippen LogP contribution is 2.72. The summed E-state index contributed by atoms with van der Waals surface area (Å²) in [7, 11) is 0. The van der Waals surface area contributed by atoms with Gasteiger partial charge in [-0.3, -0.25) is 0 Å². The van der Waals surface area contributed by atoms with E-state index in [0.29, 0.717) is 23.0 Å². The van der Waals surface area contributed by atoms with E-state index >= 15 is 8.78 Å². The van der Waals surface area contributed by atoms with Crippen LogP contribution in [0.1, 0.15) is 178 Å². The molecule has 0 amide bonds. The van der Waals surface area contributed by atoms with Crippen LogP contribution in [0.3, 0.4) is 0 Å². The Morgan fingerprint density at radius 1 is 0.569 bits per heavy atom. The van der Waals surface area contributed by atoms with Gasteiger partial charge in [0.2, 0.25) is 0 Å². The summed E-state index contributed by atoms with van der Waals surface area (Å²) in [4.78, 5) is 0. The molecule has 4 aromatic rings. The van der Waals surface area contributed by atoms with Gasteiger partial charge in [0.1, 0.15) is 29.2 Å². The topological polar surface area (TPSA) is 43.5 Å². The van der Waals surface area contributed by atoms with Crippen molar-refractivity contribution < 1.29 is 23.6 Å². The number of aromatic hydroxyl groups is 2. The normalized spacial score (nSPS) is 34.4. The van der Waals surface area contributed by atoms with Gasteiger partial charge < -0.3 is 10.2 Å². The van der Waals surface area contributed by atoms with Crippen LogP contribution < -0.4 is 0 Å². The fourth-order valence-corrected chi connectivity index (χ4v) is 17.7. The molecule has 2 N–H and O–H groups in total. The average Bonchev–Trinajstić information content (AvgIpc) is 3.19. The zero-order valence-corrected chi connectivity index (χ0v) is 40.1. The summed E-state index contributed by atoms with van der Waals surface area (Å²) in [5, 5.41) is 25.2. The Labute approximate surface area is 386 Å². The predicted molar refractivity (Wildman–Crippen MR) is 260 cm³/mol. The lowest BCUT2D eigenvalue weighted by molar-refractivity contribution is -0.391. The van der Waals surface area contributed by atoms with Gasteiger partial charge in [0.05, 0.1) is 6.72 Å². The highest BCUT2D eigenvalue weighted by Gasteiger charge is 2.62. The number of halogens is 2. The molecule has 8 aliphatic carbocycles. The van der Waals surface area contributed by atoms with Crippen molar-refractivity contribution in [1.82, 2.24) is 0 Å². The Bertz CT molecular complexity index is 2720. The zero-order chi connectivity index (χ0) is 45.8. The van der Waals surface area contributed by atoms with Crippen LogP contribution in [0, 0.1) is 51.2 Å². The third-order valence-electron chi connectivity index (χ3n) is 18.2. The average molecular weight is 874 g/mol. The maximum absolute atomic E-state index is 16.3. The molecule has 8 fully saturated rings. The molecule has 3 nitrogen and oxygen atoms in total. The van der Waals surface area contributed by atoms with Crippen molar-refractivity contribution in [2.45, 2.75) is 155 Å². The van der Waals surface area contributed by atoms with E-state index in [9.17, 15) is 10.2 Å². The van der Waals surface area contributed by atoms with Gasteiger partial charge in [-0.2, -0.15) is 0 Å². The number of nitrogens with zero attached hydrogens (tertiary/aromatic N) is 1. The van der Waals surface area contributed by atoms with Gasteiger partial charge in [0.15, 0.2) is 5.70 Å². The first-order valence-corrected chi connectivity index (χ1v) is 24.8. The Balaban J connectivity index is 1.02. The van der Waals surface area contributed by atoms with Crippen molar-refractivity contribution >= 4 is 12.4 Å². The molecule has 0 radical (unpaired) electrons. The summed E-state index contributed by atoms with van der Waals surface area (Å²) in [6.45, 7) is 23.1. The fraction of sp³-hybridized carbons (Fsp3) is 0.500. The van der Waals surface area contributed by atoms with E-state index in [4.69, 9.17) is 6.72 Å². The summed E-state index contributed by atoms with van der Waals surface area (Å²) < 4.78 is 34.6. The fourth-order valence-electron chi connectivity index (χ4n) is 17.7. The van der Waals surface area contributed by atoms with Crippen molar-refractivity contribution in [2.24, 2.45) is 33.5 Å². The van der Waals surface area contributed by atoms with Crippen molar-refractivity contribution in [2.75, 3.05) is 0 Å². The molecule has 1 aliphatic heterocycles. The number of hydrogen-bond donors (Lipinski definition) is 2. The molecule has 4 atom stereocenters. The van der Waals surface area contributed by atoms with E-state index in [1.807, 2.05) is 10.7 Å². The number of phenolic OH excluding ortho intramolecular Hbond substituents is 2. The molecule has 0 saturated heterocycles. The van der Waals surface area contributed by atoms with E-state index in [0.717, 1.165) is 94.8 Å². The molecule has 0 spiro atoms. The molecule has 4 unspecified atom stereocenters. The predicted octanol–water partition coefficient (Wildman–Crippen LogP) is 15.7. The molecule has 65 heavy (non-hydrogen) atoms. The SMILES string of the molecule is C=[N+]1C(c2cc(C(C)C)ccc2-c2cc(F)cc(C34CC5CC(C)(CC(C)(C5)C3)C4)c2O)=CC=C[C-]1c1cc(C(C)C)ccc1-c1cc(F)cc(C23CC4CC(C)(CC(C)(C4)C2)C3)c1O. The third kappa shape index (κ3) is 6.81. The van der Waals surface area contributed by atoms with Gasteiger partial charge in [0.25, 0.3) is 0 Å². The van der Waals surface area contributed by atoms with Crippen molar-refractivity contribution in [3.63, 3.8) is 0 Å². The van der Waals surface area contributed by atoms with Crippen LogP contribution in [0.5, 0.6) is 11.5 Å². The number of allylic oxidation sites excluding steroid dienone is 2. The van der Waals surface area contributed by atoms with Gasteiger partial charge in [-0.25, -0.2) is 13.4 Å². The molecule has 340 valence electrons. The van der Waals surface area contributed by atoms with Crippen LogP contribution in [0.2, 0.25) is 0 Å². The maximum atomic E-state index is 16.3. The zero-order valence-electron chi connectivity index (χ0n) is 40.1. The Kier molecular flexibility index (Phi) is 9.38.